The van der Waals surface area contributed by atoms with Crippen molar-refractivity contribution in [1.29, 1.82) is 0 Å². The summed E-state index contributed by atoms with van der Waals surface area (Å²) in [7, 11) is 0. The molecule has 0 fully saturated rings. The fourth-order valence-corrected chi connectivity index (χ4v) is 4.44. The lowest BCUT2D eigenvalue weighted by Crippen LogP contribution is -2.25. The predicted octanol–water partition coefficient (Wildman–Crippen LogP) is 4.85. The van der Waals surface area contributed by atoms with Crippen molar-refractivity contribution in [3.63, 3.8) is 0 Å². The van der Waals surface area contributed by atoms with E-state index in [0.29, 0.717) is 22.8 Å². The molecule has 9 heteroatoms. The number of nitrogens with one attached hydrogen (secondary N) is 1. The molecule has 0 bridgehead atoms. The van der Waals surface area contributed by atoms with E-state index < -0.39 is 0 Å². The molecule has 0 spiro atoms. The zero-order valence-electron chi connectivity index (χ0n) is 19.3. The van der Waals surface area contributed by atoms with Crippen LogP contribution < -0.4 is 19.6 Å². The van der Waals surface area contributed by atoms with Crippen molar-refractivity contribution >= 4 is 34.3 Å². The van der Waals surface area contributed by atoms with E-state index in [4.69, 9.17) is 19.6 Å². The minimum absolute atomic E-state index is 0.0184. The first-order valence-electron chi connectivity index (χ1n) is 11.1. The minimum atomic E-state index is -0.176. The maximum Gasteiger partial charge on any atom is 0.262 e. The summed E-state index contributed by atoms with van der Waals surface area (Å²) in [6, 6.07) is 17.2. The molecule has 5 rings (SSSR count). The van der Waals surface area contributed by atoms with E-state index in [-0.39, 0.29) is 12.5 Å². The highest BCUT2D eigenvalue weighted by Crippen LogP contribution is 2.33. The van der Waals surface area contributed by atoms with Crippen molar-refractivity contribution < 1.29 is 14.3 Å². The normalized spacial score (nSPS) is 13.7. The Hall–Kier alpha value is -4.24. The van der Waals surface area contributed by atoms with Gasteiger partial charge in [-0.15, -0.1) is 11.3 Å². The number of thiazole rings is 1. The second-order valence-corrected chi connectivity index (χ2v) is 8.57. The number of benzene rings is 2. The first-order chi connectivity index (χ1) is 17.1. The van der Waals surface area contributed by atoms with Gasteiger partial charge in [-0.3, -0.25) is 9.78 Å². The van der Waals surface area contributed by atoms with Gasteiger partial charge in [0.05, 0.1) is 29.4 Å². The Morgan fingerprint density at radius 1 is 1.23 bits per heavy atom. The molecule has 1 N–H and O–H groups in total. The van der Waals surface area contributed by atoms with Gasteiger partial charge >= 0.3 is 0 Å². The lowest BCUT2D eigenvalue weighted by atomic mass is 10.1. The van der Waals surface area contributed by atoms with Crippen LogP contribution in [-0.4, -0.2) is 34.5 Å². The number of carbonyl (C=O) groups is 1. The third kappa shape index (κ3) is 4.99. The second kappa shape index (κ2) is 9.94. The molecule has 176 valence electrons. The molecule has 0 saturated heterocycles. The number of hydrogen-bond donors (Lipinski definition) is 1. The topological polar surface area (TPSA) is 90.1 Å². The fourth-order valence-electron chi connectivity index (χ4n) is 3.59. The third-order valence-corrected chi connectivity index (χ3v) is 6.11. The van der Waals surface area contributed by atoms with Gasteiger partial charge in [-0.1, -0.05) is 6.07 Å². The van der Waals surface area contributed by atoms with Crippen LogP contribution in [0.2, 0.25) is 0 Å². The molecular weight excluding hydrogens is 462 g/mol. The Morgan fingerprint density at radius 2 is 2.09 bits per heavy atom. The Morgan fingerprint density at radius 3 is 2.86 bits per heavy atom. The van der Waals surface area contributed by atoms with Crippen LogP contribution in [0.3, 0.4) is 0 Å². The molecule has 1 aliphatic heterocycles. The number of ether oxygens (including phenoxy) is 2. The number of anilines is 1. The summed E-state index contributed by atoms with van der Waals surface area (Å²) in [5, 5.41) is 9.77. The van der Waals surface area contributed by atoms with E-state index in [1.54, 1.807) is 12.4 Å². The van der Waals surface area contributed by atoms with Gasteiger partial charge in [0.2, 0.25) is 4.80 Å². The minimum Gasteiger partial charge on any atom is -0.494 e. The summed E-state index contributed by atoms with van der Waals surface area (Å²) in [6.07, 6.45) is 3.51. The summed E-state index contributed by atoms with van der Waals surface area (Å²) in [5.74, 6) is 1.27. The van der Waals surface area contributed by atoms with E-state index in [1.165, 1.54) is 11.3 Å². The number of carbonyl (C=O) groups excluding carboxylic acids is 1. The van der Waals surface area contributed by atoms with Crippen LogP contribution in [0.5, 0.6) is 11.5 Å². The lowest BCUT2D eigenvalue weighted by Gasteiger charge is -2.18. The van der Waals surface area contributed by atoms with Crippen LogP contribution >= 0.6 is 11.3 Å². The largest absolute Gasteiger partial charge is 0.494 e. The van der Waals surface area contributed by atoms with Gasteiger partial charge in [0.15, 0.2) is 6.61 Å². The van der Waals surface area contributed by atoms with E-state index >= 15 is 0 Å². The fraction of sp³-hybridized carbons (Fsp3) is 0.154. The molecular formula is C26H23N5O3S. The van der Waals surface area contributed by atoms with E-state index in [9.17, 15) is 4.79 Å². The highest BCUT2D eigenvalue weighted by Gasteiger charge is 2.18. The molecule has 8 nitrogen and oxygen atoms in total. The average molecular weight is 486 g/mol. The molecule has 3 heterocycles. The number of rotatable bonds is 6. The van der Waals surface area contributed by atoms with Crippen LogP contribution in [0.4, 0.5) is 11.4 Å². The van der Waals surface area contributed by atoms with Gasteiger partial charge in [-0.2, -0.15) is 5.10 Å². The summed E-state index contributed by atoms with van der Waals surface area (Å²) in [6.45, 7) is 4.52. The quantitative estimate of drug-likeness (QED) is 0.396. The lowest BCUT2D eigenvalue weighted by molar-refractivity contribution is -0.118. The van der Waals surface area contributed by atoms with Crippen LogP contribution in [-0.2, 0) is 4.79 Å². The molecule has 0 unspecified atom stereocenters. The van der Waals surface area contributed by atoms with Crippen molar-refractivity contribution in [3.8, 4) is 22.8 Å². The van der Waals surface area contributed by atoms with Gasteiger partial charge < -0.3 is 14.8 Å². The number of amides is 1. The zero-order chi connectivity index (χ0) is 24.2. The number of aromatic nitrogens is 2. The molecule has 2 aromatic carbocycles. The first kappa shape index (κ1) is 22.5. The van der Waals surface area contributed by atoms with Crippen molar-refractivity contribution in [3.05, 3.63) is 82.7 Å². The van der Waals surface area contributed by atoms with Crippen molar-refractivity contribution in [1.82, 2.24) is 9.66 Å². The number of nitrogens with zero attached hydrogens (tertiary/aromatic N) is 4. The van der Waals surface area contributed by atoms with Crippen molar-refractivity contribution in [2.45, 2.75) is 13.8 Å². The third-order valence-electron chi connectivity index (χ3n) is 5.30. The monoisotopic (exact) mass is 485 g/mol. The Bertz CT molecular complexity index is 1460. The number of hydrogen-bond acceptors (Lipinski definition) is 7. The van der Waals surface area contributed by atoms with Crippen LogP contribution in [0.25, 0.3) is 11.3 Å². The van der Waals surface area contributed by atoms with Gasteiger partial charge in [0, 0.05) is 28.9 Å². The average Bonchev–Trinajstić information content (AvgIpc) is 3.27. The number of fused-ring (bicyclic) bond motifs is 1. The van der Waals surface area contributed by atoms with Gasteiger partial charge in [0.1, 0.15) is 11.5 Å². The van der Waals surface area contributed by atoms with E-state index in [0.717, 1.165) is 34.0 Å². The van der Waals surface area contributed by atoms with Gasteiger partial charge in [0.25, 0.3) is 5.91 Å². The Labute approximate surface area is 206 Å². The van der Waals surface area contributed by atoms with Gasteiger partial charge in [-0.25, -0.2) is 9.67 Å². The molecule has 35 heavy (non-hydrogen) atoms. The molecule has 2 aromatic heterocycles. The van der Waals surface area contributed by atoms with Crippen molar-refractivity contribution in [2.75, 3.05) is 18.5 Å². The Balaban J connectivity index is 1.62. The van der Waals surface area contributed by atoms with E-state index in [1.807, 2.05) is 78.5 Å². The first-order valence-corrected chi connectivity index (χ1v) is 12.0. The molecule has 0 saturated carbocycles. The summed E-state index contributed by atoms with van der Waals surface area (Å²) < 4.78 is 12.9. The van der Waals surface area contributed by atoms with Crippen LogP contribution in [0.1, 0.15) is 19.4 Å². The Kier molecular flexibility index (Phi) is 6.40. The molecule has 4 aromatic rings. The summed E-state index contributed by atoms with van der Waals surface area (Å²) in [4.78, 5) is 21.6. The predicted molar refractivity (Wildman–Crippen MR) is 137 cm³/mol. The molecule has 0 aliphatic carbocycles. The van der Waals surface area contributed by atoms with Crippen LogP contribution in [0, 0.1) is 0 Å². The maximum atomic E-state index is 11.8. The highest BCUT2D eigenvalue weighted by molar-refractivity contribution is 7.07. The maximum absolute atomic E-state index is 11.8. The SMILES string of the molecule is CCOc1ccc(N=c2scc(-c3ccc4c(c3)NC(=O)CO4)n2/N=C(/C)c2cccnc2)cc1. The summed E-state index contributed by atoms with van der Waals surface area (Å²) >= 11 is 1.48. The van der Waals surface area contributed by atoms with Gasteiger partial charge in [-0.05, 0) is 62.4 Å². The van der Waals surface area contributed by atoms with E-state index in [2.05, 4.69) is 10.3 Å². The van der Waals surface area contributed by atoms with Crippen LogP contribution in [0.15, 0.2) is 82.5 Å². The zero-order valence-corrected chi connectivity index (χ0v) is 20.1. The second-order valence-electron chi connectivity index (χ2n) is 7.73. The smallest absolute Gasteiger partial charge is 0.262 e. The van der Waals surface area contributed by atoms with Crippen molar-refractivity contribution in [2.24, 2.45) is 10.1 Å². The molecule has 1 amide bonds. The highest BCUT2D eigenvalue weighted by atomic mass is 32.1. The molecule has 1 aliphatic rings. The number of pyridine rings is 1. The molecule has 0 radical (unpaired) electrons. The molecule has 0 atom stereocenters. The standard InChI is InChI=1S/C26H23N5O3S/c1-3-33-21-9-7-20(8-10-21)28-26-31(30-17(2)19-5-4-12-27-14-19)23(16-35-26)18-6-11-24-22(13-18)29-25(32)15-34-24/h4-14,16H,3,15H2,1-2H3,(H,29,32)/b28-26?,30-17-. The summed E-state index contributed by atoms with van der Waals surface area (Å²) in [5.41, 5.74) is 4.84.